The fourth-order valence-electron chi connectivity index (χ4n) is 3.59. The highest BCUT2D eigenvalue weighted by Crippen LogP contribution is 2.26. The van der Waals surface area contributed by atoms with E-state index < -0.39 is 0 Å². The van der Waals surface area contributed by atoms with Crippen LogP contribution in [0, 0.1) is 11.8 Å². The number of hydrogen-bond donors (Lipinski definition) is 0. The van der Waals surface area contributed by atoms with Crippen LogP contribution >= 0.6 is 11.8 Å². The van der Waals surface area contributed by atoms with E-state index in [1.54, 1.807) is 11.8 Å². The number of aromatic nitrogens is 4. The van der Waals surface area contributed by atoms with Crippen molar-refractivity contribution in [2.45, 2.75) is 44.1 Å². The van der Waals surface area contributed by atoms with Gasteiger partial charge in [0.1, 0.15) is 5.75 Å². The molecule has 0 radical (unpaired) electrons. The lowest BCUT2D eigenvalue weighted by molar-refractivity contribution is -0.132. The molecule has 0 saturated carbocycles. The Labute approximate surface area is 164 Å². The molecule has 1 aromatic heterocycles. The molecule has 3 rings (SSSR count). The lowest BCUT2D eigenvalue weighted by Crippen LogP contribution is -2.45. The van der Waals surface area contributed by atoms with Gasteiger partial charge in [-0.2, -0.15) is 0 Å². The van der Waals surface area contributed by atoms with E-state index in [1.165, 1.54) is 18.2 Å². The van der Waals surface area contributed by atoms with Crippen molar-refractivity contribution in [3.8, 4) is 5.75 Å². The number of tetrazole rings is 1. The fourth-order valence-corrected chi connectivity index (χ4v) is 4.46. The summed E-state index contributed by atoms with van der Waals surface area (Å²) in [5, 5.41) is 12.4. The first kappa shape index (κ1) is 19.7. The second-order valence-corrected chi connectivity index (χ2v) is 8.72. The molecule has 0 bridgehead atoms. The Balaban J connectivity index is 1.63. The Kier molecular flexibility index (Phi) is 6.36. The zero-order chi connectivity index (χ0) is 19.4. The lowest BCUT2D eigenvalue weighted by atomic mass is 9.92. The van der Waals surface area contributed by atoms with Crippen LogP contribution in [0.1, 0.15) is 32.8 Å². The number of likely N-dealkylation sites (tertiary alicyclic amines) is 1. The highest BCUT2D eigenvalue weighted by atomic mass is 32.2. The predicted molar refractivity (Wildman–Crippen MR) is 105 cm³/mol. The molecule has 0 aliphatic carbocycles. The number of rotatable bonds is 6. The summed E-state index contributed by atoms with van der Waals surface area (Å²) < 4.78 is 6.92. The highest BCUT2D eigenvalue weighted by molar-refractivity contribution is 8.00. The first-order valence-electron chi connectivity index (χ1n) is 9.30. The van der Waals surface area contributed by atoms with Gasteiger partial charge in [-0.15, -0.1) is 5.10 Å². The van der Waals surface area contributed by atoms with E-state index in [1.807, 2.05) is 36.1 Å². The van der Waals surface area contributed by atoms with Gasteiger partial charge in [0.15, 0.2) is 0 Å². The van der Waals surface area contributed by atoms with Crippen molar-refractivity contribution in [1.82, 2.24) is 25.1 Å². The largest absolute Gasteiger partial charge is 0.497 e. The Bertz CT molecular complexity index is 754. The Hall–Kier alpha value is -2.09. The summed E-state index contributed by atoms with van der Waals surface area (Å²) in [7, 11) is 1.65. The molecular weight excluding hydrogens is 362 g/mol. The van der Waals surface area contributed by atoms with Crippen LogP contribution in [0.2, 0.25) is 0 Å². The van der Waals surface area contributed by atoms with E-state index >= 15 is 0 Å². The van der Waals surface area contributed by atoms with Crippen molar-refractivity contribution in [3.05, 3.63) is 29.8 Å². The number of carbonyl (C=O) groups is 1. The molecule has 1 aliphatic heterocycles. The average Bonchev–Trinajstić information content (AvgIpc) is 3.07. The minimum Gasteiger partial charge on any atom is -0.497 e. The van der Waals surface area contributed by atoms with Gasteiger partial charge in [-0.1, -0.05) is 37.7 Å². The molecule has 3 atom stereocenters. The normalized spacial score (nSPS) is 21.1. The Morgan fingerprint density at radius 3 is 2.56 bits per heavy atom. The van der Waals surface area contributed by atoms with Crippen LogP contribution in [0.25, 0.3) is 0 Å². The summed E-state index contributed by atoms with van der Waals surface area (Å²) in [5.41, 5.74) is 1.07. The molecule has 1 saturated heterocycles. The van der Waals surface area contributed by atoms with Crippen molar-refractivity contribution < 1.29 is 9.53 Å². The molecule has 1 fully saturated rings. The first-order chi connectivity index (χ1) is 13.0. The zero-order valence-electron chi connectivity index (χ0n) is 16.3. The van der Waals surface area contributed by atoms with Crippen molar-refractivity contribution in [1.29, 1.82) is 0 Å². The van der Waals surface area contributed by atoms with Gasteiger partial charge in [0.25, 0.3) is 0 Å². The number of hydrogen-bond acceptors (Lipinski definition) is 6. The minimum absolute atomic E-state index is 0.164. The highest BCUT2D eigenvalue weighted by Gasteiger charge is 2.29. The SMILES string of the molecule is COc1ccc(Cn2nnnc2SC(C)C(=O)N2CC(C)CC(C)C2)cc1. The Morgan fingerprint density at radius 1 is 1.26 bits per heavy atom. The molecule has 2 aromatic rings. The molecule has 0 spiro atoms. The molecule has 1 aromatic carbocycles. The summed E-state index contributed by atoms with van der Waals surface area (Å²) in [4.78, 5) is 14.9. The van der Waals surface area contributed by atoms with Gasteiger partial charge in [-0.3, -0.25) is 4.79 Å². The third-order valence-corrected chi connectivity index (χ3v) is 5.86. The monoisotopic (exact) mass is 389 g/mol. The van der Waals surface area contributed by atoms with Crippen molar-refractivity contribution in [2.75, 3.05) is 20.2 Å². The maximum atomic E-state index is 12.9. The molecule has 0 N–H and O–H groups in total. The second-order valence-electron chi connectivity index (χ2n) is 7.42. The van der Waals surface area contributed by atoms with Crippen LogP contribution in [0.15, 0.2) is 29.4 Å². The van der Waals surface area contributed by atoms with E-state index in [0.717, 1.165) is 24.4 Å². The van der Waals surface area contributed by atoms with Crippen molar-refractivity contribution in [3.63, 3.8) is 0 Å². The summed E-state index contributed by atoms with van der Waals surface area (Å²) in [6.45, 7) is 8.59. The Morgan fingerprint density at radius 2 is 1.93 bits per heavy atom. The molecule has 1 amide bonds. The van der Waals surface area contributed by atoms with Crippen molar-refractivity contribution in [2.24, 2.45) is 11.8 Å². The molecule has 1 aliphatic rings. The second kappa shape index (κ2) is 8.73. The van der Waals surface area contributed by atoms with Gasteiger partial charge in [-0.25, -0.2) is 4.68 Å². The number of thioether (sulfide) groups is 1. The molecule has 7 nitrogen and oxygen atoms in total. The summed E-state index contributed by atoms with van der Waals surface area (Å²) in [6.07, 6.45) is 1.19. The van der Waals surface area contributed by atoms with Crippen molar-refractivity contribution >= 4 is 17.7 Å². The smallest absolute Gasteiger partial charge is 0.235 e. The van der Waals surface area contributed by atoms with Gasteiger partial charge in [0, 0.05) is 13.1 Å². The van der Waals surface area contributed by atoms with E-state index in [-0.39, 0.29) is 11.2 Å². The van der Waals surface area contributed by atoms with E-state index in [0.29, 0.717) is 23.5 Å². The third-order valence-electron chi connectivity index (χ3n) is 4.80. The standard InChI is InChI=1S/C19H27N5O2S/c1-13-9-14(2)11-23(10-13)18(25)15(3)27-19-20-21-22-24(19)12-16-5-7-17(26-4)8-6-16/h5-8,13-15H,9-12H2,1-4H3. The molecule has 8 heteroatoms. The van der Waals surface area contributed by atoms with Gasteiger partial charge < -0.3 is 9.64 Å². The molecule has 146 valence electrons. The molecule has 2 heterocycles. The number of nitrogens with zero attached hydrogens (tertiary/aromatic N) is 5. The number of benzene rings is 1. The quantitative estimate of drug-likeness (QED) is 0.708. The van der Waals surface area contributed by atoms with Gasteiger partial charge in [0.05, 0.1) is 18.9 Å². The third kappa shape index (κ3) is 5.00. The average molecular weight is 390 g/mol. The lowest BCUT2D eigenvalue weighted by Gasteiger charge is -2.36. The van der Waals surface area contributed by atoms with Crippen LogP contribution in [0.5, 0.6) is 5.75 Å². The maximum Gasteiger partial charge on any atom is 0.235 e. The molecule has 27 heavy (non-hydrogen) atoms. The van der Waals surface area contributed by atoms with Gasteiger partial charge >= 0.3 is 0 Å². The minimum atomic E-state index is -0.219. The summed E-state index contributed by atoms with van der Waals surface area (Å²) in [5.74, 6) is 2.08. The first-order valence-corrected chi connectivity index (χ1v) is 10.2. The number of amides is 1. The summed E-state index contributed by atoms with van der Waals surface area (Å²) >= 11 is 1.42. The van der Waals surface area contributed by atoms with Crippen LogP contribution in [0.4, 0.5) is 0 Å². The van der Waals surface area contributed by atoms with Gasteiger partial charge in [-0.05, 0) is 53.3 Å². The number of methoxy groups -OCH3 is 1. The van der Waals surface area contributed by atoms with E-state index in [9.17, 15) is 4.79 Å². The number of ether oxygens (including phenoxy) is 1. The molecule has 3 unspecified atom stereocenters. The predicted octanol–water partition coefficient (Wildman–Crippen LogP) is 2.72. The molecular formula is C19H27N5O2S. The van der Waals surface area contributed by atoms with Crippen LogP contribution in [-0.2, 0) is 11.3 Å². The van der Waals surface area contributed by atoms with E-state index in [4.69, 9.17) is 4.74 Å². The topological polar surface area (TPSA) is 73.1 Å². The zero-order valence-corrected chi connectivity index (χ0v) is 17.1. The van der Waals surface area contributed by atoms with Gasteiger partial charge in [0.2, 0.25) is 11.1 Å². The number of piperidine rings is 1. The number of carbonyl (C=O) groups excluding carboxylic acids is 1. The maximum absolute atomic E-state index is 12.9. The van der Waals surface area contributed by atoms with Crippen LogP contribution in [-0.4, -0.2) is 56.5 Å². The van der Waals surface area contributed by atoms with Crippen LogP contribution < -0.4 is 4.74 Å². The summed E-state index contributed by atoms with van der Waals surface area (Å²) in [6, 6.07) is 7.80. The fraction of sp³-hybridized carbons (Fsp3) is 0.579. The van der Waals surface area contributed by atoms with Crippen LogP contribution in [0.3, 0.4) is 0 Å². The van der Waals surface area contributed by atoms with E-state index in [2.05, 4.69) is 29.4 Å².